The van der Waals surface area contributed by atoms with Crippen LogP contribution >= 0.6 is 0 Å². The minimum Gasteiger partial charge on any atom is -0.456 e. The quantitative estimate of drug-likeness (QED) is 0.185. The van der Waals surface area contributed by atoms with Gasteiger partial charge in [0.15, 0.2) is 0 Å². The smallest absolute Gasteiger partial charge is 0.136 e. The Kier molecular flexibility index (Phi) is 6.90. The van der Waals surface area contributed by atoms with E-state index in [1.165, 1.54) is 38.2 Å². The second kappa shape index (κ2) is 12.2. The van der Waals surface area contributed by atoms with E-state index < -0.39 is 0 Å². The van der Waals surface area contributed by atoms with E-state index in [0.29, 0.717) is 0 Å². The van der Waals surface area contributed by atoms with Crippen LogP contribution in [0.3, 0.4) is 0 Å². The summed E-state index contributed by atoms with van der Waals surface area (Å²) in [5, 5.41) is 11.6. The summed E-state index contributed by atoms with van der Waals surface area (Å²) in [4.78, 5) is 0. The number of furan rings is 2. The predicted molar refractivity (Wildman–Crippen MR) is 227 cm³/mol. The third kappa shape index (κ3) is 5.03. The summed E-state index contributed by atoms with van der Waals surface area (Å²) in [5.74, 6) is 0. The molecule has 252 valence electrons. The van der Waals surface area contributed by atoms with Crippen molar-refractivity contribution < 1.29 is 8.83 Å². The number of rotatable bonds is 3. The summed E-state index contributed by atoms with van der Waals surface area (Å²) in [6, 6.07) is 69.5. The molecule has 2 heterocycles. The van der Waals surface area contributed by atoms with Crippen LogP contribution in [0.5, 0.6) is 0 Å². The van der Waals surface area contributed by atoms with Crippen LogP contribution in [0.1, 0.15) is 0 Å². The lowest BCUT2D eigenvalue weighted by Gasteiger charge is -2.11. The molecule has 0 N–H and O–H groups in total. The van der Waals surface area contributed by atoms with Crippen molar-refractivity contribution in [3.63, 3.8) is 0 Å². The van der Waals surface area contributed by atoms with E-state index in [2.05, 4.69) is 182 Å². The zero-order chi connectivity index (χ0) is 35.6. The molecule has 0 aliphatic heterocycles. The fourth-order valence-electron chi connectivity index (χ4n) is 8.19. The maximum atomic E-state index is 6.42. The Morgan fingerprint density at radius 3 is 1.44 bits per heavy atom. The molecule has 0 atom stereocenters. The molecule has 2 nitrogen and oxygen atoms in total. The van der Waals surface area contributed by atoms with Gasteiger partial charge >= 0.3 is 0 Å². The van der Waals surface area contributed by atoms with Crippen LogP contribution < -0.4 is 0 Å². The minimum atomic E-state index is 0.884. The summed E-state index contributed by atoms with van der Waals surface area (Å²) >= 11 is 0. The molecule has 9 aromatic carbocycles. The maximum absolute atomic E-state index is 6.42. The molecule has 2 aromatic heterocycles. The first kappa shape index (κ1) is 30.5. The third-order valence-electron chi connectivity index (χ3n) is 10.9. The first-order valence-corrected chi connectivity index (χ1v) is 18.4. The van der Waals surface area contributed by atoms with Crippen LogP contribution in [0, 0.1) is 0 Å². The van der Waals surface area contributed by atoms with E-state index in [0.717, 1.165) is 71.3 Å². The molecule has 0 spiro atoms. The molecule has 0 fully saturated rings. The van der Waals surface area contributed by atoms with Crippen molar-refractivity contribution in [3.05, 3.63) is 194 Å². The summed E-state index contributed by atoms with van der Waals surface area (Å²) in [5.41, 5.74) is 10.6. The van der Waals surface area contributed by atoms with E-state index in [1.807, 2.05) is 12.1 Å². The highest BCUT2D eigenvalue weighted by Gasteiger charge is 2.14. The van der Waals surface area contributed by atoms with Crippen molar-refractivity contribution in [2.75, 3.05) is 0 Å². The summed E-state index contributed by atoms with van der Waals surface area (Å²) < 4.78 is 12.6. The van der Waals surface area contributed by atoms with Gasteiger partial charge in [-0.2, -0.15) is 0 Å². The molecule has 11 aromatic rings. The van der Waals surface area contributed by atoms with Crippen molar-refractivity contribution in [2.45, 2.75) is 0 Å². The molecule has 0 bridgehead atoms. The number of hydrogen-bond acceptors (Lipinski definition) is 2. The van der Waals surface area contributed by atoms with E-state index in [4.69, 9.17) is 8.83 Å². The van der Waals surface area contributed by atoms with Crippen molar-refractivity contribution in [1.29, 1.82) is 0 Å². The number of fused-ring (bicyclic) bond motifs is 9. The van der Waals surface area contributed by atoms with Crippen LogP contribution in [0.15, 0.2) is 203 Å². The highest BCUT2D eigenvalue weighted by molar-refractivity contribution is 6.15. The van der Waals surface area contributed by atoms with Gasteiger partial charge in [0.2, 0.25) is 0 Å². The Hall–Kier alpha value is -7.16. The molecule has 54 heavy (non-hydrogen) atoms. The van der Waals surface area contributed by atoms with Gasteiger partial charge in [-0.25, -0.2) is 0 Å². The average Bonchev–Trinajstić information content (AvgIpc) is 3.77. The Morgan fingerprint density at radius 2 is 0.722 bits per heavy atom. The van der Waals surface area contributed by atoms with Gasteiger partial charge in [0.05, 0.1) is 0 Å². The molecule has 0 saturated carbocycles. The Morgan fingerprint density at radius 1 is 0.222 bits per heavy atom. The first-order chi connectivity index (χ1) is 26.7. The fourth-order valence-corrected chi connectivity index (χ4v) is 8.19. The zero-order valence-electron chi connectivity index (χ0n) is 29.3. The molecule has 0 amide bonds. The average molecular weight is 689 g/mol. The van der Waals surface area contributed by atoms with Gasteiger partial charge in [-0.05, 0) is 114 Å². The Labute approximate surface area is 311 Å². The molecular weight excluding hydrogens is 657 g/mol. The van der Waals surface area contributed by atoms with Crippen molar-refractivity contribution in [3.8, 4) is 33.4 Å². The highest BCUT2D eigenvalue weighted by atomic mass is 16.3. The van der Waals surface area contributed by atoms with E-state index in [1.54, 1.807) is 0 Å². The molecule has 2 heteroatoms. The van der Waals surface area contributed by atoms with Crippen molar-refractivity contribution in [1.82, 2.24) is 0 Å². The highest BCUT2D eigenvalue weighted by Crippen LogP contribution is 2.39. The number of para-hydroxylation sites is 1. The van der Waals surface area contributed by atoms with Crippen LogP contribution in [0.25, 0.3) is 110 Å². The topological polar surface area (TPSA) is 26.3 Å². The molecule has 11 rings (SSSR count). The summed E-state index contributed by atoms with van der Waals surface area (Å²) in [6.45, 7) is 0. The van der Waals surface area contributed by atoms with Gasteiger partial charge in [0.25, 0.3) is 0 Å². The predicted octanol–water partition coefficient (Wildman–Crippen LogP) is 15.1. The molecule has 0 aliphatic rings. The fraction of sp³-hybridized carbons (Fsp3) is 0. The monoisotopic (exact) mass is 688 g/mol. The minimum absolute atomic E-state index is 0.884. The number of hydrogen-bond donors (Lipinski definition) is 0. The maximum Gasteiger partial charge on any atom is 0.136 e. The molecular formula is C52H32O2. The normalized spacial score (nSPS) is 11.7. The van der Waals surface area contributed by atoms with Gasteiger partial charge in [-0.1, -0.05) is 146 Å². The largest absolute Gasteiger partial charge is 0.456 e. The van der Waals surface area contributed by atoms with Crippen molar-refractivity contribution >= 4 is 76.2 Å². The second-order valence-corrected chi connectivity index (χ2v) is 14.1. The first-order valence-electron chi connectivity index (χ1n) is 18.4. The van der Waals surface area contributed by atoms with Gasteiger partial charge in [-0.3, -0.25) is 0 Å². The zero-order valence-corrected chi connectivity index (χ0v) is 29.3. The van der Waals surface area contributed by atoms with E-state index in [-0.39, 0.29) is 0 Å². The van der Waals surface area contributed by atoms with Crippen LogP contribution in [-0.2, 0) is 0 Å². The van der Waals surface area contributed by atoms with Gasteiger partial charge < -0.3 is 8.83 Å². The standard InChI is InChI=1S/C52H32O2/c1-2-4-14-42(38-24-21-33-11-5-6-12-36(33)27-38)44-16-8-7-15-43(44)41(13-3-1)35-22-19-34(20-23-35)37-25-26-50-47(28-37)48-30-40-31-51-46(29-39(40)32-52(48)54-50)45-17-9-10-18-49(45)53-51/h1-32H. The van der Waals surface area contributed by atoms with Gasteiger partial charge in [0, 0.05) is 21.5 Å². The van der Waals surface area contributed by atoms with Crippen LogP contribution in [0.2, 0.25) is 0 Å². The van der Waals surface area contributed by atoms with Crippen LogP contribution in [-0.4, -0.2) is 0 Å². The van der Waals surface area contributed by atoms with Gasteiger partial charge in [0.1, 0.15) is 22.3 Å². The number of benzene rings is 8. The van der Waals surface area contributed by atoms with E-state index in [9.17, 15) is 0 Å². The Bertz CT molecular complexity index is 3320. The van der Waals surface area contributed by atoms with E-state index >= 15 is 0 Å². The Balaban J connectivity index is 1.01. The second-order valence-electron chi connectivity index (χ2n) is 14.1. The van der Waals surface area contributed by atoms with Gasteiger partial charge in [-0.15, -0.1) is 0 Å². The SMILES string of the molecule is c1cccc(-c2ccc3ccccc3c2)c2ccccc2c(-c2ccc(-c3ccc4oc5cc6cc7c(cc6cc5c4c3)oc3ccccc37)cc2)cc1. The molecule has 0 unspecified atom stereocenters. The lowest BCUT2D eigenvalue weighted by molar-refractivity contribution is 0.668. The molecule has 0 saturated heterocycles. The lowest BCUT2D eigenvalue weighted by atomic mass is 9.93. The van der Waals surface area contributed by atoms with Crippen molar-refractivity contribution in [2.24, 2.45) is 0 Å². The third-order valence-corrected chi connectivity index (χ3v) is 10.9. The summed E-state index contributed by atoms with van der Waals surface area (Å²) in [7, 11) is 0. The summed E-state index contributed by atoms with van der Waals surface area (Å²) in [6.07, 6.45) is 0. The van der Waals surface area contributed by atoms with Crippen LogP contribution in [0.4, 0.5) is 0 Å². The lowest BCUT2D eigenvalue weighted by Crippen LogP contribution is -1.84. The molecule has 0 radical (unpaired) electrons. The molecule has 0 aliphatic carbocycles.